The van der Waals surface area contributed by atoms with Crippen LogP contribution in [0, 0.1) is 0 Å². The Morgan fingerprint density at radius 1 is 1.53 bits per heavy atom. The van der Waals surface area contributed by atoms with Crippen molar-refractivity contribution in [1.29, 1.82) is 0 Å². The van der Waals surface area contributed by atoms with Crippen LogP contribution in [0.4, 0.5) is 0 Å². The quantitative estimate of drug-likeness (QED) is 0.632. The van der Waals surface area contributed by atoms with Gasteiger partial charge in [0, 0.05) is 18.3 Å². The average molecular weight is 207 g/mol. The van der Waals surface area contributed by atoms with Crippen LogP contribution in [0.25, 0.3) is 5.65 Å². The maximum absolute atomic E-state index is 11.5. The van der Waals surface area contributed by atoms with E-state index in [1.165, 1.54) is 22.3 Å². The van der Waals surface area contributed by atoms with Crippen LogP contribution in [0.5, 0.6) is 0 Å². The van der Waals surface area contributed by atoms with Gasteiger partial charge in [-0.05, 0) is 0 Å². The number of nitrogens with zero attached hydrogens (tertiary/aromatic N) is 3. The lowest BCUT2D eigenvalue weighted by atomic mass is 10.5. The molecule has 2 aromatic rings. The Balaban J connectivity index is 2.56. The fraction of sp³-hybridized carbons (Fsp3) is 0.222. The smallest absolute Gasteiger partial charge is 0.325 e. The third kappa shape index (κ3) is 1.61. The second-order valence-electron chi connectivity index (χ2n) is 2.95. The molecular weight excluding hydrogens is 198 g/mol. The van der Waals surface area contributed by atoms with E-state index in [0.29, 0.717) is 5.65 Å². The Kier molecular flexibility index (Phi) is 2.24. The highest BCUT2D eigenvalue weighted by molar-refractivity contribution is 5.69. The Bertz CT molecular complexity index is 555. The number of hydrogen-bond donors (Lipinski definition) is 0. The summed E-state index contributed by atoms with van der Waals surface area (Å²) in [4.78, 5) is 22.6. The first-order valence-corrected chi connectivity index (χ1v) is 4.32. The molecule has 15 heavy (non-hydrogen) atoms. The predicted molar refractivity (Wildman–Crippen MR) is 51.5 cm³/mol. The van der Waals surface area contributed by atoms with Gasteiger partial charge in [-0.3, -0.25) is 14.2 Å². The summed E-state index contributed by atoms with van der Waals surface area (Å²) >= 11 is 0. The van der Waals surface area contributed by atoms with Crippen LogP contribution in [0.3, 0.4) is 0 Å². The molecule has 0 atom stereocenters. The maximum atomic E-state index is 11.5. The van der Waals surface area contributed by atoms with Crippen molar-refractivity contribution in [3.63, 3.8) is 0 Å². The molecule has 2 rings (SSSR count). The minimum Gasteiger partial charge on any atom is -0.468 e. The van der Waals surface area contributed by atoms with Gasteiger partial charge in [-0.15, -0.1) is 0 Å². The van der Waals surface area contributed by atoms with Gasteiger partial charge < -0.3 is 4.74 Å². The second kappa shape index (κ2) is 3.56. The number of hydrogen-bond acceptors (Lipinski definition) is 4. The molecule has 0 saturated carbocycles. The minimum absolute atomic E-state index is 0.106. The average Bonchev–Trinajstić information content (AvgIpc) is 2.70. The summed E-state index contributed by atoms with van der Waals surface area (Å²) in [5.74, 6) is -0.466. The van der Waals surface area contributed by atoms with E-state index in [-0.39, 0.29) is 12.1 Å². The number of ether oxygens (including phenoxy) is 1. The summed E-state index contributed by atoms with van der Waals surface area (Å²) in [6.07, 6.45) is 3.11. The number of fused-ring (bicyclic) bond motifs is 1. The zero-order valence-corrected chi connectivity index (χ0v) is 8.08. The van der Waals surface area contributed by atoms with Gasteiger partial charge in [-0.2, -0.15) is 5.10 Å². The molecular formula is C9H9N3O3. The Hall–Kier alpha value is -2.11. The second-order valence-corrected chi connectivity index (χ2v) is 2.95. The van der Waals surface area contributed by atoms with Crippen LogP contribution >= 0.6 is 0 Å². The van der Waals surface area contributed by atoms with Crippen LogP contribution in [0.1, 0.15) is 0 Å². The molecule has 78 valence electrons. The topological polar surface area (TPSA) is 65.6 Å². The number of carbonyl (C=O) groups is 1. The molecule has 0 radical (unpaired) electrons. The molecule has 2 heterocycles. The highest BCUT2D eigenvalue weighted by atomic mass is 16.5. The summed E-state index contributed by atoms with van der Waals surface area (Å²) in [7, 11) is 1.28. The zero-order chi connectivity index (χ0) is 10.8. The monoisotopic (exact) mass is 207 g/mol. The van der Waals surface area contributed by atoms with Crippen LogP contribution in [-0.4, -0.2) is 27.3 Å². The molecule has 0 aliphatic carbocycles. The van der Waals surface area contributed by atoms with E-state index in [1.54, 1.807) is 18.5 Å². The summed E-state index contributed by atoms with van der Waals surface area (Å²) in [6.45, 7) is -0.106. The normalized spacial score (nSPS) is 10.5. The molecule has 0 spiro atoms. The van der Waals surface area contributed by atoms with Gasteiger partial charge in [-0.1, -0.05) is 0 Å². The predicted octanol–water partition coefficient (Wildman–Crippen LogP) is -0.331. The van der Waals surface area contributed by atoms with Gasteiger partial charge in [0.05, 0.1) is 13.3 Å². The third-order valence-electron chi connectivity index (χ3n) is 2.07. The van der Waals surface area contributed by atoms with Crippen LogP contribution < -0.4 is 5.56 Å². The van der Waals surface area contributed by atoms with Crippen molar-refractivity contribution in [3.8, 4) is 0 Å². The first-order chi connectivity index (χ1) is 7.22. The maximum Gasteiger partial charge on any atom is 0.325 e. The van der Waals surface area contributed by atoms with E-state index in [2.05, 4.69) is 9.84 Å². The van der Waals surface area contributed by atoms with Crippen molar-refractivity contribution in [1.82, 2.24) is 14.2 Å². The van der Waals surface area contributed by atoms with Crippen molar-refractivity contribution < 1.29 is 9.53 Å². The minimum atomic E-state index is -0.466. The number of aromatic nitrogens is 3. The molecule has 0 aromatic carbocycles. The molecule has 0 fully saturated rings. The van der Waals surface area contributed by atoms with Gasteiger partial charge in [-0.25, -0.2) is 4.52 Å². The molecule has 0 bridgehead atoms. The van der Waals surface area contributed by atoms with E-state index in [1.807, 2.05) is 0 Å². The Morgan fingerprint density at radius 2 is 2.33 bits per heavy atom. The SMILES string of the molecule is COC(=O)Cn1c(=O)ccn2nccc12. The highest BCUT2D eigenvalue weighted by Crippen LogP contribution is 1.98. The van der Waals surface area contributed by atoms with Gasteiger partial charge in [0.1, 0.15) is 12.2 Å². The van der Waals surface area contributed by atoms with Crippen LogP contribution in [0.2, 0.25) is 0 Å². The van der Waals surface area contributed by atoms with Gasteiger partial charge in [0.2, 0.25) is 0 Å². The first kappa shape index (κ1) is 9.45. The summed E-state index contributed by atoms with van der Waals surface area (Å²) < 4.78 is 7.33. The van der Waals surface area contributed by atoms with Crippen molar-refractivity contribution in [2.75, 3.05) is 7.11 Å². The van der Waals surface area contributed by atoms with E-state index in [9.17, 15) is 9.59 Å². The molecule has 0 unspecified atom stereocenters. The standard InChI is InChI=1S/C9H9N3O3/c1-15-9(14)6-11-7-2-4-10-12(7)5-3-8(11)13/h2-5H,6H2,1H3. The highest BCUT2D eigenvalue weighted by Gasteiger charge is 2.07. The molecule has 0 aliphatic rings. The van der Waals surface area contributed by atoms with Gasteiger partial charge >= 0.3 is 5.97 Å². The molecule has 2 aromatic heterocycles. The summed E-state index contributed by atoms with van der Waals surface area (Å²) in [6, 6.07) is 3.01. The summed E-state index contributed by atoms with van der Waals surface area (Å²) in [5.41, 5.74) is 0.307. The van der Waals surface area contributed by atoms with Crippen molar-refractivity contribution in [3.05, 3.63) is 34.9 Å². The number of esters is 1. The Morgan fingerprint density at radius 3 is 3.07 bits per heavy atom. The zero-order valence-electron chi connectivity index (χ0n) is 8.08. The van der Waals surface area contributed by atoms with Crippen molar-refractivity contribution in [2.24, 2.45) is 0 Å². The van der Waals surface area contributed by atoms with E-state index >= 15 is 0 Å². The number of rotatable bonds is 2. The van der Waals surface area contributed by atoms with E-state index in [4.69, 9.17) is 0 Å². The van der Waals surface area contributed by atoms with E-state index in [0.717, 1.165) is 0 Å². The molecule has 0 amide bonds. The lowest BCUT2D eigenvalue weighted by Crippen LogP contribution is -2.25. The lowest BCUT2D eigenvalue weighted by Gasteiger charge is -2.05. The molecule has 0 saturated heterocycles. The Labute approximate surface area is 84.7 Å². The van der Waals surface area contributed by atoms with Crippen LogP contribution in [0.15, 0.2) is 29.3 Å². The molecule has 0 N–H and O–H groups in total. The molecule has 0 aliphatic heterocycles. The molecule has 6 nitrogen and oxygen atoms in total. The number of methoxy groups -OCH3 is 1. The van der Waals surface area contributed by atoms with Crippen molar-refractivity contribution in [2.45, 2.75) is 6.54 Å². The number of carbonyl (C=O) groups excluding carboxylic acids is 1. The largest absolute Gasteiger partial charge is 0.468 e. The fourth-order valence-electron chi connectivity index (χ4n) is 1.33. The van der Waals surface area contributed by atoms with Gasteiger partial charge in [0.15, 0.2) is 0 Å². The van der Waals surface area contributed by atoms with Crippen molar-refractivity contribution >= 4 is 11.6 Å². The lowest BCUT2D eigenvalue weighted by molar-refractivity contribution is -0.141. The summed E-state index contributed by atoms with van der Waals surface area (Å²) in [5, 5.41) is 3.96. The van der Waals surface area contributed by atoms with Crippen LogP contribution in [-0.2, 0) is 16.1 Å². The first-order valence-electron chi connectivity index (χ1n) is 4.32. The van der Waals surface area contributed by atoms with E-state index < -0.39 is 5.97 Å². The van der Waals surface area contributed by atoms with Gasteiger partial charge in [0.25, 0.3) is 5.56 Å². The fourth-order valence-corrected chi connectivity index (χ4v) is 1.33. The third-order valence-corrected chi connectivity index (χ3v) is 2.07. The molecule has 6 heteroatoms.